The molecule has 1 unspecified atom stereocenters. The van der Waals surface area contributed by atoms with Crippen molar-refractivity contribution in [2.24, 2.45) is 5.92 Å². The maximum Gasteiger partial charge on any atom is 0.262 e. The number of amides is 1. The van der Waals surface area contributed by atoms with Crippen LogP contribution in [0.4, 0.5) is 0 Å². The second-order valence-electron chi connectivity index (χ2n) is 5.70. The Bertz CT molecular complexity index is 728. The standard InChI is InChI=1S/C15H20N4O3/c1-9-11(12-14(21)18-8-19-15(12)22-9)13(20)17-6-4-10-3-2-5-16-7-10/h8,10,16H,2-7H2,1H3,(H,17,20)(H,18,19,21). The van der Waals surface area contributed by atoms with Gasteiger partial charge in [-0.3, -0.25) is 9.59 Å². The summed E-state index contributed by atoms with van der Waals surface area (Å²) >= 11 is 0. The minimum absolute atomic E-state index is 0.197. The molecular weight excluding hydrogens is 284 g/mol. The third-order valence-corrected chi connectivity index (χ3v) is 4.13. The van der Waals surface area contributed by atoms with Crippen LogP contribution in [0.3, 0.4) is 0 Å². The average molecular weight is 304 g/mol. The highest BCUT2D eigenvalue weighted by Crippen LogP contribution is 2.20. The number of H-pyrrole nitrogens is 1. The quantitative estimate of drug-likeness (QED) is 0.780. The fourth-order valence-electron chi connectivity index (χ4n) is 2.98. The topological polar surface area (TPSA) is 100 Å². The Kier molecular flexibility index (Phi) is 4.24. The second kappa shape index (κ2) is 6.31. The molecule has 22 heavy (non-hydrogen) atoms. The van der Waals surface area contributed by atoms with E-state index in [2.05, 4.69) is 20.6 Å². The Hall–Kier alpha value is -2.15. The molecule has 0 spiro atoms. The number of aryl methyl sites for hydroxylation is 1. The predicted octanol–water partition coefficient (Wildman–Crippen LogP) is 0.944. The van der Waals surface area contributed by atoms with Crippen molar-refractivity contribution in [3.8, 4) is 0 Å². The highest BCUT2D eigenvalue weighted by atomic mass is 16.3. The van der Waals surface area contributed by atoms with E-state index in [-0.39, 0.29) is 28.1 Å². The lowest BCUT2D eigenvalue weighted by atomic mass is 9.96. The van der Waals surface area contributed by atoms with Gasteiger partial charge in [0.15, 0.2) is 0 Å². The summed E-state index contributed by atoms with van der Waals surface area (Å²) in [7, 11) is 0. The van der Waals surface area contributed by atoms with E-state index in [0.29, 0.717) is 18.2 Å². The normalized spacial score (nSPS) is 18.5. The number of nitrogens with zero attached hydrogens (tertiary/aromatic N) is 1. The molecule has 2 aromatic rings. The highest BCUT2D eigenvalue weighted by molar-refractivity contribution is 6.06. The Morgan fingerprint density at radius 2 is 2.41 bits per heavy atom. The van der Waals surface area contributed by atoms with Crippen LogP contribution in [-0.2, 0) is 0 Å². The van der Waals surface area contributed by atoms with Crippen molar-refractivity contribution in [2.75, 3.05) is 19.6 Å². The van der Waals surface area contributed by atoms with Gasteiger partial charge in [0.1, 0.15) is 11.1 Å². The predicted molar refractivity (Wildman–Crippen MR) is 81.9 cm³/mol. The minimum atomic E-state index is -0.358. The molecule has 0 saturated carbocycles. The molecule has 1 aliphatic heterocycles. The number of hydrogen-bond donors (Lipinski definition) is 3. The van der Waals surface area contributed by atoms with Crippen molar-refractivity contribution in [3.05, 3.63) is 28.0 Å². The molecule has 0 aromatic carbocycles. The van der Waals surface area contributed by atoms with E-state index in [1.807, 2.05) is 0 Å². The Morgan fingerprint density at radius 1 is 1.55 bits per heavy atom. The van der Waals surface area contributed by atoms with Gasteiger partial charge in [-0.2, -0.15) is 0 Å². The van der Waals surface area contributed by atoms with E-state index < -0.39 is 0 Å². The third-order valence-electron chi connectivity index (χ3n) is 4.13. The van der Waals surface area contributed by atoms with Gasteiger partial charge in [-0.25, -0.2) is 4.98 Å². The summed E-state index contributed by atoms with van der Waals surface area (Å²) in [5.41, 5.74) is 0.123. The van der Waals surface area contributed by atoms with Crippen molar-refractivity contribution in [1.29, 1.82) is 0 Å². The minimum Gasteiger partial charge on any atom is -0.442 e. The van der Waals surface area contributed by atoms with Crippen LogP contribution in [-0.4, -0.2) is 35.5 Å². The molecule has 1 aliphatic rings. The first-order valence-corrected chi connectivity index (χ1v) is 7.62. The monoisotopic (exact) mass is 304 g/mol. The van der Waals surface area contributed by atoms with E-state index in [0.717, 1.165) is 19.5 Å². The number of hydrogen-bond acceptors (Lipinski definition) is 5. The van der Waals surface area contributed by atoms with E-state index in [9.17, 15) is 9.59 Å². The van der Waals surface area contributed by atoms with Crippen LogP contribution in [0.5, 0.6) is 0 Å². The smallest absolute Gasteiger partial charge is 0.262 e. The zero-order valence-corrected chi connectivity index (χ0v) is 12.6. The van der Waals surface area contributed by atoms with E-state index >= 15 is 0 Å². The van der Waals surface area contributed by atoms with Crippen LogP contribution >= 0.6 is 0 Å². The van der Waals surface area contributed by atoms with E-state index in [1.54, 1.807) is 6.92 Å². The van der Waals surface area contributed by atoms with Gasteiger partial charge < -0.3 is 20.0 Å². The Morgan fingerprint density at radius 3 is 3.18 bits per heavy atom. The second-order valence-corrected chi connectivity index (χ2v) is 5.70. The average Bonchev–Trinajstić information content (AvgIpc) is 2.86. The SMILES string of the molecule is Cc1oc2nc[nH]c(=O)c2c1C(=O)NCCC1CCCNC1. The third kappa shape index (κ3) is 2.89. The first kappa shape index (κ1) is 14.8. The van der Waals surface area contributed by atoms with Crippen LogP contribution < -0.4 is 16.2 Å². The summed E-state index contributed by atoms with van der Waals surface area (Å²) in [4.78, 5) is 30.7. The number of furan rings is 1. The molecule has 0 bridgehead atoms. The molecule has 0 radical (unpaired) electrons. The van der Waals surface area contributed by atoms with Crippen molar-refractivity contribution in [1.82, 2.24) is 20.6 Å². The first-order valence-electron chi connectivity index (χ1n) is 7.62. The van der Waals surface area contributed by atoms with Gasteiger partial charge in [0, 0.05) is 6.54 Å². The maximum atomic E-state index is 12.4. The van der Waals surface area contributed by atoms with Crippen molar-refractivity contribution >= 4 is 17.0 Å². The molecule has 118 valence electrons. The van der Waals surface area contributed by atoms with E-state index in [4.69, 9.17) is 4.42 Å². The van der Waals surface area contributed by atoms with E-state index in [1.165, 1.54) is 19.2 Å². The summed E-state index contributed by atoms with van der Waals surface area (Å²) in [6.07, 6.45) is 4.58. The molecule has 0 aliphatic carbocycles. The van der Waals surface area contributed by atoms with Gasteiger partial charge in [-0.1, -0.05) is 0 Å². The van der Waals surface area contributed by atoms with Crippen molar-refractivity contribution < 1.29 is 9.21 Å². The van der Waals surface area contributed by atoms with Gasteiger partial charge in [0.25, 0.3) is 11.5 Å². The zero-order valence-electron chi connectivity index (χ0n) is 12.6. The molecule has 1 fully saturated rings. The van der Waals surface area contributed by atoms with Gasteiger partial charge in [0.2, 0.25) is 5.71 Å². The molecule has 7 heteroatoms. The lowest BCUT2D eigenvalue weighted by molar-refractivity contribution is 0.0950. The molecule has 3 N–H and O–H groups in total. The number of carbonyl (C=O) groups is 1. The molecular formula is C15H20N4O3. The van der Waals surface area contributed by atoms with Crippen LogP contribution in [0.2, 0.25) is 0 Å². The molecule has 7 nitrogen and oxygen atoms in total. The lowest BCUT2D eigenvalue weighted by Crippen LogP contribution is -2.33. The van der Waals surface area contributed by atoms with Crippen LogP contribution in [0.1, 0.15) is 35.4 Å². The largest absolute Gasteiger partial charge is 0.442 e. The first-order chi connectivity index (χ1) is 10.7. The van der Waals surface area contributed by atoms with Gasteiger partial charge in [-0.05, 0) is 45.2 Å². The fraction of sp³-hybridized carbons (Fsp3) is 0.533. The van der Waals surface area contributed by atoms with Crippen LogP contribution in [0, 0.1) is 12.8 Å². The molecule has 2 aromatic heterocycles. The molecule has 3 rings (SSSR count). The molecule has 1 amide bonds. The fourth-order valence-corrected chi connectivity index (χ4v) is 2.98. The number of aromatic amines is 1. The number of nitrogens with one attached hydrogen (secondary N) is 3. The lowest BCUT2D eigenvalue weighted by Gasteiger charge is -2.22. The number of fused-ring (bicyclic) bond motifs is 1. The van der Waals surface area contributed by atoms with Gasteiger partial charge in [-0.15, -0.1) is 0 Å². The number of rotatable bonds is 4. The van der Waals surface area contributed by atoms with Crippen LogP contribution in [0.15, 0.2) is 15.5 Å². The molecule has 1 saturated heterocycles. The number of piperidine rings is 1. The summed E-state index contributed by atoms with van der Waals surface area (Å²) in [5, 5.41) is 6.46. The van der Waals surface area contributed by atoms with Crippen LogP contribution in [0.25, 0.3) is 11.1 Å². The van der Waals surface area contributed by atoms with Crippen molar-refractivity contribution in [2.45, 2.75) is 26.2 Å². The summed E-state index contributed by atoms with van der Waals surface area (Å²) in [6.45, 7) is 4.35. The summed E-state index contributed by atoms with van der Waals surface area (Å²) in [5.74, 6) is 0.732. The molecule has 3 heterocycles. The van der Waals surface area contributed by atoms with Gasteiger partial charge in [0.05, 0.1) is 11.9 Å². The van der Waals surface area contributed by atoms with Crippen molar-refractivity contribution in [3.63, 3.8) is 0 Å². The highest BCUT2D eigenvalue weighted by Gasteiger charge is 2.21. The summed E-state index contributed by atoms with van der Waals surface area (Å²) in [6, 6.07) is 0. The Balaban J connectivity index is 1.70. The number of aromatic nitrogens is 2. The summed E-state index contributed by atoms with van der Waals surface area (Å²) < 4.78 is 5.40. The Labute approximate surface area is 127 Å². The number of carbonyl (C=O) groups excluding carboxylic acids is 1. The maximum absolute atomic E-state index is 12.4. The molecule has 1 atom stereocenters. The van der Waals surface area contributed by atoms with Gasteiger partial charge >= 0.3 is 0 Å². The zero-order chi connectivity index (χ0) is 15.5.